The fourth-order valence-corrected chi connectivity index (χ4v) is 0.907. The summed E-state index contributed by atoms with van der Waals surface area (Å²) in [5, 5.41) is 11.9. The maximum atomic E-state index is 12.2. The van der Waals surface area contributed by atoms with Crippen LogP contribution >= 0.6 is 0 Å². The van der Waals surface area contributed by atoms with Crippen LogP contribution in [0.1, 0.15) is 6.42 Å². The molecule has 8 heteroatoms. The van der Waals surface area contributed by atoms with Gasteiger partial charge < -0.3 is 10.8 Å². The van der Waals surface area contributed by atoms with Crippen molar-refractivity contribution in [3.8, 4) is 0 Å². The number of amides is 2. The summed E-state index contributed by atoms with van der Waals surface area (Å²) in [6.45, 7) is 0. The first kappa shape index (κ1) is 9.78. The molecule has 0 bridgehead atoms. The number of nitrogens with zero attached hydrogens (tertiary/aromatic N) is 2. The second-order valence-electron chi connectivity index (χ2n) is 2.47. The fraction of sp³-hybridized carbons (Fsp3) is 0.600. The van der Waals surface area contributed by atoms with Gasteiger partial charge in [0.25, 0.3) is 5.72 Å². The highest BCUT2D eigenvalue weighted by Gasteiger charge is 2.61. The van der Waals surface area contributed by atoms with Crippen LogP contribution in [0.5, 0.6) is 0 Å². The van der Waals surface area contributed by atoms with Crippen molar-refractivity contribution in [1.82, 2.24) is 5.01 Å². The lowest BCUT2D eigenvalue weighted by atomic mass is 10.1. The second-order valence-corrected chi connectivity index (χ2v) is 2.47. The number of halogens is 3. The number of hydrogen-bond donors (Lipinski definition) is 2. The Morgan fingerprint density at radius 1 is 1.69 bits per heavy atom. The molecule has 1 rings (SSSR count). The average Bonchev–Trinajstić information content (AvgIpc) is 2.30. The van der Waals surface area contributed by atoms with Crippen LogP contribution in [0.3, 0.4) is 0 Å². The molecule has 0 radical (unpaired) electrons. The van der Waals surface area contributed by atoms with E-state index in [4.69, 9.17) is 5.11 Å². The normalized spacial score (nSPS) is 28.2. The maximum absolute atomic E-state index is 12.2. The molecule has 13 heavy (non-hydrogen) atoms. The van der Waals surface area contributed by atoms with E-state index in [9.17, 15) is 18.0 Å². The predicted octanol–water partition coefficient (Wildman–Crippen LogP) is 0.00750. The first-order valence-electron chi connectivity index (χ1n) is 3.20. The standard InChI is InChI=1S/C5H6F3N3O2/c6-5(7,8)4(13)1-2-10-11(4)3(9)12/h2,13H,1H2,(H2,9,12)/t4-/m1/s1. The van der Waals surface area contributed by atoms with Gasteiger partial charge in [-0.25, -0.2) is 4.79 Å². The number of aliphatic hydroxyl groups is 1. The van der Waals surface area contributed by atoms with Gasteiger partial charge in [0.1, 0.15) is 0 Å². The Labute approximate surface area is 70.6 Å². The topological polar surface area (TPSA) is 78.9 Å². The molecule has 0 aromatic carbocycles. The molecule has 1 heterocycles. The Morgan fingerprint density at radius 2 is 2.23 bits per heavy atom. The summed E-state index contributed by atoms with van der Waals surface area (Å²) >= 11 is 0. The molecule has 74 valence electrons. The predicted molar refractivity (Wildman–Crippen MR) is 35.5 cm³/mol. The highest BCUT2D eigenvalue weighted by Crippen LogP contribution is 2.38. The average molecular weight is 197 g/mol. The Hall–Kier alpha value is -1.31. The molecule has 1 aliphatic heterocycles. The molecule has 0 saturated carbocycles. The zero-order valence-corrected chi connectivity index (χ0v) is 6.25. The smallest absolute Gasteiger partial charge is 0.362 e. The number of carbonyl (C=O) groups is 1. The first-order valence-corrected chi connectivity index (χ1v) is 3.20. The van der Waals surface area contributed by atoms with E-state index in [0.29, 0.717) is 0 Å². The zero-order chi connectivity index (χ0) is 10.3. The first-order chi connectivity index (χ1) is 5.79. The number of hydrazone groups is 1. The highest BCUT2D eigenvalue weighted by molar-refractivity contribution is 5.77. The lowest BCUT2D eigenvalue weighted by Crippen LogP contribution is -2.57. The van der Waals surface area contributed by atoms with Crippen molar-refractivity contribution in [2.75, 3.05) is 0 Å². The van der Waals surface area contributed by atoms with E-state index >= 15 is 0 Å². The molecule has 0 aromatic heterocycles. The van der Waals surface area contributed by atoms with Gasteiger partial charge in [-0.15, -0.1) is 0 Å². The molecule has 0 aliphatic carbocycles. The molecule has 0 aromatic rings. The molecule has 1 aliphatic rings. The van der Waals surface area contributed by atoms with Crippen molar-refractivity contribution in [2.45, 2.75) is 18.3 Å². The largest absolute Gasteiger partial charge is 0.438 e. The Morgan fingerprint density at radius 3 is 2.54 bits per heavy atom. The number of rotatable bonds is 0. The van der Waals surface area contributed by atoms with Gasteiger partial charge >= 0.3 is 12.2 Å². The summed E-state index contributed by atoms with van der Waals surface area (Å²) in [5.41, 5.74) is 1.29. The Balaban J connectivity index is 2.99. The summed E-state index contributed by atoms with van der Waals surface area (Å²) in [6, 6.07) is -1.45. The number of urea groups is 1. The minimum absolute atomic E-state index is 0.188. The van der Waals surface area contributed by atoms with Gasteiger partial charge in [0.05, 0.1) is 0 Å². The summed E-state index contributed by atoms with van der Waals surface area (Å²) < 4.78 is 36.5. The van der Waals surface area contributed by atoms with Gasteiger partial charge in [0, 0.05) is 12.6 Å². The summed E-state index contributed by atoms with van der Waals surface area (Å²) in [4.78, 5) is 10.4. The van der Waals surface area contributed by atoms with Crippen LogP contribution < -0.4 is 5.73 Å². The number of primary amides is 1. The molecule has 5 nitrogen and oxygen atoms in total. The minimum atomic E-state index is -4.97. The molecular weight excluding hydrogens is 191 g/mol. The Kier molecular flexibility index (Phi) is 1.95. The third kappa shape index (κ3) is 1.32. The van der Waals surface area contributed by atoms with Crippen LogP contribution in [0.25, 0.3) is 0 Å². The van der Waals surface area contributed by atoms with Crippen molar-refractivity contribution >= 4 is 12.2 Å². The number of alkyl halides is 3. The quantitative estimate of drug-likeness (QED) is 0.573. The number of carbonyl (C=O) groups excluding carboxylic acids is 1. The van der Waals surface area contributed by atoms with Gasteiger partial charge in [-0.1, -0.05) is 0 Å². The molecule has 0 spiro atoms. The SMILES string of the molecule is NC(=O)N1N=CC[C@@]1(O)C(F)(F)F. The molecule has 0 unspecified atom stereocenters. The number of hydrogen-bond acceptors (Lipinski definition) is 3. The van der Waals surface area contributed by atoms with Gasteiger partial charge in [-0.2, -0.15) is 23.3 Å². The van der Waals surface area contributed by atoms with Gasteiger partial charge in [-0.3, -0.25) is 0 Å². The van der Waals surface area contributed by atoms with Crippen LogP contribution in [0.15, 0.2) is 5.10 Å². The van der Waals surface area contributed by atoms with Crippen LogP contribution in [0, 0.1) is 0 Å². The van der Waals surface area contributed by atoms with E-state index < -0.39 is 24.4 Å². The minimum Gasteiger partial charge on any atom is -0.362 e. The molecular formula is C5H6F3N3O2. The van der Waals surface area contributed by atoms with Crippen molar-refractivity contribution < 1.29 is 23.1 Å². The lowest BCUT2D eigenvalue weighted by molar-refractivity contribution is -0.296. The van der Waals surface area contributed by atoms with Crippen molar-refractivity contribution in [2.24, 2.45) is 10.8 Å². The monoisotopic (exact) mass is 197 g/mol. The van der Waals surface area contributed by atoms with Gasteiger partial charge in [0.15, 0.2) is 0 Å². The lowest BCUT2D eigenvalue weighted by Gasteiger charge is -2.31. The molecule has 3 N–H and O–H groups in total. The second kappa shape index (κ2) is 2.59. The summed E-state index contributed by atoms with van der Waals surface area (Å²) in [7, 11) is 0. The van der Waals surface area contributed by atoms with E-state index in [-0.39, 0.29) is 5.01 Å². The fourth-order valence-electron chi connectivity index (χ4n) is 0.907. The maximum Gasteiger partial charge on any atom is 0.438 e. The summed E-state index contributed by atoms with van der Waals surface area (Å²) in [5.74, 6) is 0. The number of nitrogens with two attached hydrogens (primary N) is 1. The molecule has 1 atom stereocenters. The van der Waals surface area contributed by atoms with Crippen LogP contribution in [0.4, 0.5) is 18.0 Å². The van der Waals surface area contributed by atoms with Crippen LogP contribution in [-0.4, -0.2) is 34.3 Å². The Bertz CT molecular complexity index is 264. The van der Waals surface area contributed by atoms with Crippen molar-refractivity contribution in [3.05, 3.63) is 0 Å². The third-order valence-corrected chi connectivity index (χ3v) is 1.59. The van der Waals surface area contributed by atoms with Gasteiger partial charge in [0.2, 0.25) is 0 Å². The van der Waals surface area contributed by atoms with E-state index in [1.807, 2.05) is 0 Å². The summed E-state index contributed by atoms with van der Waals surface area (Å²) in [6.07, 6.45) is -5.00. The van der Waals surface area contributed by atoms with Crippen LogP contribution in [-0.2, 0) is 0 Å². The molecule has 2 amide bonds. The van der Waals surface area contributed by atoms with E-state index in [1.54, 1.807) is 0 Å². The van der Waals surface area contributed by atoms with E-state index in [1.165, 1.54) is 0 Å². The van der Waals surface area contributed by atoms with E-state index in [0.717, 1.165) is 6.21 Å². The van der Waals surface area contributed by atoms with E-state index in [2.05, 4.69) is 10.8 Å². The van der Waals surface area contributed by atoms with Crippen LogP contribution in [0.2, 0.25) is 0 Å². The third-order valence-electron chi connectivity index (χ3n) is 1.59. The van der Waals surface area contributed by atoms with Crippen molar-refractivity contribution in [1.29, 1.82) is 0 Å². The highest BCUT2D eigenvalue weighted by atomic mass is 19.4. The zero-order valence-electron chi connectivity index (χ0n) is 6.25. The molecule has 0 saturated heterocycles. The van der Waals surface area contributed by atoms with Crippen molar-refractivity contribution in [3.63, 3.8) is 0 Å². The van der Waals surface area contributed by atoms with Gasteiger partial charge in [-0.05, 0) is 0 Å². The molecule has 0 fully saturated rings.